The first kappa shape index (κ1) is 14.1. The van der Waals surface area contributed by atoms with Crippen LogP contribution in [0, 0.1) is 0 Å². The lowest BCUT2D eigenvalue weighted by Gasteiger charge is -2.27. The first-order valence-corrected chi connectivity index (χ1v) is 7.18. The monoisotopic (exact) mass is 218 g/mol. The third kappa shape index (κ3) is 5.72. The van der Waals surface area contributed by atoms with Crippen molar-refractivity contribution in [2.45, 2.75) is 20.8 Å². The minimum Gasteiger partial charge on any atom is -0.316 e. The summed E-state index contributed by atoms with van der Waals surface area (Å²) in [6.45, 7) is 10.8. The molecule has 0 aliphatic heterocycles. The van der Waals surface area contributed by atoms with Gasteiger partial charge in [0.05, 0.1) is 0 Å². The van der Waals surface area contributed by atoms with Crippen LogP contribution in [0.4, 0.5) is 0 Å². The van der Waals surface area contributed by atoms with Gasteiger partial charge in [-0.05, 0) is 33.7 Å². The van der Waals surface area contributed by atoms with Crippen molar-refractivity contribution >= 4 is 9.28 Å². The zero-order valence-corrected chi connectivity index (χ0v) is 11.5. The summed E-state index contributed by atoms with van der Waals surface area (Å²) in [4.78, 5) is 9.50. The number of hydrogen-bond donors (Lipinski definition) is 2. The molecule has 0 fully saturated rings. The van der Waals surface area contributed by atoms with Crippen molar-refractivity contribution < 1.29 is 0 Å². The second-order valence-corrected chi connectivity index (χ2v) is 6.24. The van der Waals surface area contributed by atoms with Gasteiger partial charge in [-0.2, -0.15) is 0 Å². The number of nitrogens with one attached hydrogen (secondary N) is 2. The maximum Gasteiger partial charge on any atom is 0.267 e. The van der Waals surface area contributed by atoms with E-state index in [9.17, 15) is 0 Å². The van der Waals surface area contributed by atoms with Crippen molar-refractivity contribution in [2.75, 3.05) is 40.4 Å². The topological polar surface area (TPSA) is 30.5 Å². The lowest BCUT2D eigenvalue weighted by molar-refractivity contribution is 0.295. The second-order valence-electron chi connectivity index (χ2n) is 3.59. The molecule has 2 N–H and O–H groups in total. The van der Waals surface area contributed by atoms with Crippen LogP contribution in [-0.4, -0.2) is 59.1 Å². The standard InChI is InChI=1S/C9H26N4Si/c1-6-10-14(12(4)5)11-9-13(7-2)8-3/h10-11,14H,6-9H2,1-5H3. The fourth-order valence-electron chi connectivity index (χ4n) is 1.29. The Labute approximate surface area is 90.5 Å². The van der Waals surface area contributed by atoms with Crippen LogP contribution >= 0.6 is 0 Å². The third-order valence-electron chi connectivity index (χ3n) is 2.32. The molecule has 4 nitrogen and oxygen atoms in total. The van der Waals surface area contributed by atoms with Gasteiger partial charge in [0.2, 0.25) is 0 Å². The van der Waals surface area contributed by atoms with Crippen LogP contribution in [0.1, 0.15) is 20.8 Å². The largest absolute Gasteiger partial charge is 0.316 e. The predicted octanol–water partition coefficient (Wildman–Crippen LogP) is -0.236. The third-order valence-corrected chi connectivity index (χ3v) is 4.71. The van der Waals surface area contributed by atoms with Crippen LogP contribution in [-0.2, 0) is 0 Å². The highest BCUT2D eigenvalue weighted by atomic mass is 28.3. The normalized spacial score (nSPS) is 13.9. The minimum absolute atomic E-state index is 0.995. The zero-order valence-electron chi connectivity index (χ0n) is 10.3. The summed E-state index contributed by atoms with van der Waals surface area (Å²) in [5.41, 5.74) is 0. The molecule has 0 heterocycles. The highest BCUT2D eigenvalue weighted by Gasteiger charge is 2.12. The number of rotatable bonds is 8. The lowest BCUT2D eigenvalue weighted by Crippen LogP contribution is -2.59. The van der Waals surface area contributed by atoms with Gasteiger partial charge in [0.1, 0.15) is 0 Å². The molecule has 14 heavy (non-hydrogen) atoms. The highest BCUT2D eigenvalue weighted by molar-refractivity contribution is 6.49. The molecular formula is C9H26N4Si. The molecular weight excluding hydrogens is 192 g/mol. The Hall–Kier alpha value is 0.0569. The van der Waals surface area contributed by atoms with Gasteiger partial charge in [0.15, 0.2) is 0 Å². The quantitative estimate of drug-likeness (QED) is 0.435. The summed E-state index contributed by atoms with van der Waals surface area (Å²) in [6.07, 6.45) is 0. The molecule has 0 bridgehead atoms. The summed E-state index contributed by atoms with van der Waals surface area (Å²) >= 11 is 0. The summed E-state index contributed by atoms with van der Waals surface area (Å²) in [5.74, 6) is 0. The van der Waals surface area contributed by atoms with E-state index < -0.39 is 9.28 Å². The number of hydrogen-bond acceptors (Lipinski definition) is 4. The maximum absolute atomic E-state index is 3.60. The maximum atomic E-state index is 3.60. The van der Waals surface area contributed by atoms with Crippen molar-refractivity contribution in [2.24, 2.45) is 0 Å². The molecule has 0 saturated carbocycles. The fourth-order valence-corrected chi connectivity index (χ4v) is 2.99. The SMILES string of the molecule is CCN[SiH](NCN(CC)CC)N(C)C. The van der Waals surface area contributed by atoms with E-state index in [4.69, 9.17) is 0 Å². The highest BCUT2D eigenvalue weighted by Crippen LogP contribution is 1.84. The molecule has 0 amide bonds. The predicted molar refractivity (Wildman–Crippen MR) is 65.4 cm³/mol. The van der Waals surface area contributed by atoms with E-state index in [-0.39, 0.29) is 0 Å². The Morgan fingerprint density at radius 1 is 1.00 bits per heavy atom. The molecule has 0 radical (unpaired) electrons. The molecule has 0 aromatic heterocycles. The van der Waals surface area contributed by atoms with Crippen molar-refractivity contribution in [1.82, 2.24) is 19.4 Å². The molecule has 0 rings (SSSR count). The molecule has 0 aliphatic rings. The van der Waals surface area contributed by atoms with Gasteiger partial charge < -0.3 is 14.5 Å². The Balaban J connectivity index is 3.79. The van der Waals surface area contributed by atoms with Gasteiger partial charge >= 0.3 is 0 Å². The first-order chi connectivity index (χ1) is 6.65. The molecule has 0 aromatic carbocycles. The molecule has 0 spiro atoms. The van der Waals surface area contributed by atoms with E-state index in [1.165, 1.54) is 0 Å². The first-order valence-electron chi connectivity index (χ1n) is 5.51. The van der Waals surface area contributed by atoms with E-state index >= 15 is 0 Å². The molecule has 1 unspecified atom stereocenters. The van der Waals surface area contributed by atoms with E-state index in [0.717, 1.165) is 26.3 Å². The van der Waals surface area contributed by atoms with Gasteiger partial charge in [0.25, 0.3) is 9.28 Å². The Morgan fingerprint density at radius 2 is 1.57 bits per heavy atom. The van der Waals surface area contributed by atoms with E-state index in [0.29, 0.717) is 0 Å². The van der Waals surface area contributed by atoms with Crippen molar-refractivity contribution in [1.29, 1.82) is 0 Å². The lowest BCUT2D eigenvalue weighted by atomic mass is 10.6. The van der Waals surface area contributed by atoms with Crippen LogP contribution in [0.15, 0.2) is 0 Å². The molecule has 0 aliphatic carbocycles. The molecule has 0 aromatic rings. The second kappa shape index (κ2) is 8.37. The smallest absolute Gasteiger partial charge is 0.267 e. The molecule has 5 heteroatoms. The van der Waals surface area contributed by atoms with Crippen molar-refractivity contribution in [3.63, 3.8) is 0 Å². The minimum atomic E-state index is -1.10. The van der Waals surface area contributed by atoms with Crippen LogP contribution in [0.2, 0.25) is 0 Å². The molecule has 86 valence electrons. The Kier molecular flexibility index (Phi) is 8.41. The van der Waals surface area contributed by atoms with E-state index in [2.05, 4.69) is 54.3 Å². The van der Waals surface area contributed by atoms with Gasteiger partial charge in [-0.25, -0.2) is 0 Å². The van der Waals surface area contributed by atoms with E-state index in [1.807, 2.05) is 0 Å². The van der Waals surface area contributed by atoms with Crippen LogP contribution < -0.4 is 9.96 Å². The molecule has 1 atom stereocenters. The van der Waals surface area contributed by atoms with Crippen molar-refractivity contribution in [3.05, 3.63) is 0 Å². The van der Waals surface area contributed by atoms with Crippen LogP contribution in [0.25, 0.3) is 0 Å². The van der Waals surface area contributed by atoms with Crippen LogP contribution in [0.3, 0.4) is 0 Å². The summed E-state index contributed by atoms with van der Waals surface area (Å²) in [7, 11) is 3.17. The van der Waals surface area contributed by atoms with Crippen LogP contribution in [0.5, 0.6) is 0 Å². The Bertz CT molecular complexity index is 128. The van der Waals surface area contributed by atoms with E-state index in [1.54, 1.807) is 0 Å². The summed E-state index contributed by atoms with van der Waals surface area (Å²) in [5, 5.41) is 0. The van der Waals surface area contributed by atoms with Gasteiger partial charge in [-0.3, -0.25) is 4.90 Å². The summed E-state index contributed by atoms with van der Waals surface area (Å²) < 4.78 is 2.28. The van der Waals surface area contributed by atoms with Crippen molar-refractivity contribution in [3.8, 4) is 0 Å². The zero-order chi connectivity index (χ0) is 11.0. The average molecular weight is 218 g/mol. The van der Waals surface area contributed by atoms with Gasteiger partial charge in [0, 0.05) is 6.67 Å². The fraction of sp³-hybridized carbons (Fsp3) is 1.00. The average Bonchev–Trinajstić information content (AvgIpc) is 2.17. The van der Waals surface area contributed by atoms with Gasteiger partial charge in [-0.1, -0.05) is 20.8 Å². The number of nitrogens with zero attached hydrogens (tertiary/aromatic N) is 2. The molecule has 0 saturated heterocycles. The Morgan fingerprint density at radius 3 is 1.93 bits per heavy atom. The summed E-state index contributed by atoms with van der Waals surface area (Å²) in [6, 6.07) is 0. The van der Waals surface area contributed by atoms with Gasteiger partial charge in [-0.15, -0.1) is 0 Å².